The van der Waals surface area contributed by atoms with Crippen molar-refractivity contribution in [3.63, 3.8) is 0 Å². The maximum Gasteiger partial charge on any atom is 0.283 e. The normalized spacial score (nSPS) is 18.6. The highest BCUT2D eigenvalue weighted by molar-refractivity contribution is 9.10. The number of halogens is 1. The van der Waals surface area contributed by atoms with Crippen LogP contribution in [-0.4, -0.2) is 35.5 Å². The van der Waals surface area contributed by atoms with E-state index in [1.54, 1.807) is 16.8 Å². The lowest BCUT2D eigenvalue weighted by Crippen LogP contribution is -2.33. The van der Waals surface area contributed by atoms with Gasteiger partial charge in [0.05, 0.1) is 5.75 Å². The average Bonchev–Trinajstić information content (AvgIpc) is 2.80. The molecule has 2 rings (SSSR count). The van der Waals surface area contributed by atoms with Crippen molar-refractivity contribution in [3.05, 3.63) is 22.4 Å². The first-order valence-electron chi connectivity index (χ1n) is 5.36. The smallest absolute Gasteiger partial charge is 0.283 e. The summed E-state index contributed by atoms with van der Waals surface area (Å²) in [4.78, 5) is 12.2. The SMILES string of the molecule is CCn1cc(Br)cc1C(=O)N1CCCS1(=O)=O. The Bertz CT molecular complexity index is 550. The fourth-order valence-electron chi connectivity index (χ4n) is 1.91. The quantitative estimate of drug-likeness (QED) is 0.828. The molecule has 0 N–H and O–H groups in total. The van der Waals surface area contributed by atoms with Gasteiger partial charge in [0.2, 0.25) is 10.0 Å². The van der Waals surface area contributed by atoms with Crippen molar-refractivity contribution >= 4 is 31.9 Å². The maximum absolute atomic E-state index is 12.2. The van der Waals surface area contributed by atoms with Crippen molar-refractivity contribution < 1.29 is 13.2 Å². The van der Waals surface area contributed by atoms with E-state index in [2.05, 4.69) is 15.9 Å². The maximum atomic E-state index is 12.2. The van der Waals surface area contributed by atoms with E-state index < -0.39 is 15.9 Å². The fourth-order valence-corrected chi connectivity index (χ4v) is 3.84. The molecule has 1 aromatic heterocycles. The second kappa shape index (κ2) is 4.45. The summed E-state index contributed by atoms with van der Waals surface area (Å²) < 4.78 is 26.8. The predicted octanol–water partition coefficient (Wildman–Crippen LogP) is 1.45. The number of hydrogen-bond acceptors (Lipinski definition) is 3. The number of aromatic nitrogens is 1. The molecule has 0 unspecified atom stereocenters. The molecule has 2 heterocycles. The lowest BCUT2D eigenvalue weighted by Gasteiger charge is -2.15. The van der Waals surface area contributed by atoms with E-state index in [-0.39, 0.29) is 12.3 Å². The molecule has 1 aromatic rings. The van der Waals surface area contributed by atoms with Crippen LogP contribution in [0.5, 0.6) is 0 Å². The van der Waals surface area contributed by atoms with Gasteiger partial charge in [-0.05, 0) is 35.3 Å². The Labute approximate surface area is 109 Å². The van der Waals surface area contributed by atoms with Gasteiger partial charge in [0.25, 0.3) is 5.91 Å². The summed E-state index contributed by atoms with van der Waals surface area (Å²) in [6.07, 6.45) is 2.29. The number of rotatable bonds is 2. The molecule has 1 fully saturated rings. The Hall–Kier alpha value is -0.820. The first-order chi connectivity index (χ1) is 7.95. The van der Waals surface area contributed by atoms with Gasteiger partial charge < -0.3 is 4.57 Å². The van der Waals surface area contributed by atoms with Gasteiger partial charge in [0, 0.05) is 23.8 Å². The molecule has 1 amide bonds. The van der Waals surface area contributed by atoms with Crippen molar-refractivity contribution in [1.29, 1.82) is 0 Å². The number of hydrogen-bond donors (Lipinski definition) is 0. The summed E-state index contributed by atoms with van der Waals surface area (Å²) in [5.41, 5.74) is 0.407. The van der Waals surface area contributed by atoms with Crippen LogP contribution >= 0.6 is 15.9 Å². The third kappa shape index (κ3) is 2.26. The first kappa shape index (κ1) is 12.6. The van der Waals surface area contributed by atoms with Gasteiger partial charge in [0.15, 0.2) is 0 Å². The number of amides is 1. The number of sulfonamides is 1. The second-order valence-corrected chi connectivity index (χ2v) is 6.80. The van der Waals surface area contributed by atoms with Gasteiger partial charge in [-0.2, -0.15) is 0 Å². The number of carbonyl (C=O) groups is 1. The fraction of sp³-hybridized carbons (Fsp3) is 0.500. The van der Waals surface area contributed by atoms with Crippen molar-refractivity contribution in [1.82, 2.24) is 8.87 Å². The van der Waals surface area contributed by atoms with Crippen LogP contribution in [0.3, 0.4) is 0 Å². The van der Waals surface area contributed by atoms with Crippen LogP contribution < -0.4 is 0 Å². The van der Waals surface area contributed by atoms with Crippen LogP contribution in [0.1, 0.15) is 23.8 Å². The molecule has 0 bridgehead atoms. The van der Waals surface area contributed by atoms with Crippen molar-refractivity contribution in [2.24, 2.45) is 0 Å². The Kier molecular flexibility index (Phi) is 3.31. The number of nitrogens with zero attached hydrogens (tertiary/aromatic N) is 2. The van der Waals surface area contributed by atoms with E-state index in [0.717, 1.165) is 8.78 Å². The minimum atomic E-state index is -3.40. The Morgan fingerprint density at radius 2 is 2.24 bits per heavy atom. The average molecular weight is 321 g/mol. The topological polar surface area (TPSA) is 59.4 Å². The van der Waals surface area contributed by atoms with Crippen LogP contribution in [0.2, 0.25) is 0 Å². The summed E-state index contributed by atoms with van der Waals surface area (Å²) in [5, 5.41) is 0. The standard InChI is InChI=1S/C10H13BrN2O3S/c1-2-12-7-8(11)6-9(12)10(14)13-4-3-5-17(13,15)16/h6-7H,2-5H2,1H3. The van der Waals surface area contributed by atoms with Gasteiger partial charge in [-0.1, -0.05) is 0 Å². The summed E-state index contributed by atoms with van der Waals surface area (Å²) >= 11 is 3.29. The third-order valence-corrected chi connectivity index (χ3v) is 5.01. The molecule has 1 aliphatic rings. The second-order valence-electron chi connectivity index (χ2n) is 3.88. The van der Waals surface area contributed by atoms with Gasteiger partial charge in [-0.15, -0.1) is 0 Å². The van der Waals surface area contributed by atoms with Crippen LogP contribution in [0.25, 0.3) is 0 Å². The van der Waals surface area contributed by atoms with Crippen LogP contribution in [0.4, 0.5) is 0 Å². The van der Waals surface area contributed by atoms with E-state index in [0.29, 0.717) is 18.7 Å². The van der Waals surface area contributed by atoms with E-state index in [1.165, 1.54) is 0 Å². The zero-order valence-electron chi connectivity index (χ0n) is 9.39. The lowest BCUT2D eigenvalue weighted by atomic mass is 10.4. The largest absolute Gasteiger partial charge is 0.343 e. The van der Waals surface area contributed by atoms with Crippen LogP contribution in [0, 0.1) is 0 Å². The molecular formula is C10H13BrN2O3S. The predicted molar refractivity (Wildman–Crippen MR) is 67.2 cm³/mol. The summed E-state index contributed by atoms with van der Waals surface area (Å²) in [6, 6.07) is 1.65. The molecule has 5 nitrogen and oxygen atoms in total. The first-order valence-corrected chi connectivity index (χ1v) is 7.76. The van der Waals surface area contributed by atoms with E-state index in [9.17, 15) is 13.2 Å². The zero-order valence-corrected chi connectivity index (χ0v) is 11.8. The molecule has 1 aliphatic heterocycles. The molecule has 7 heteroatoms. The molecule has 0 spiro atoms. The van der Waals surface area contributed by atoms with Crippen LogP contribution in [0.15, 0.2) is 16.7 Å². The molecular weight excluding hydrogens is 308 g/mol. The molecule has 17 heavy (non-hydrogen) atoms. The van der Waals surface area contributed by atoms with Crippen molar-refractivity contribution in [2.75, 3.05) is 12.3 Å². The lowest BCUT2D eigenvalue weighted by molar-refractivity contribution is 0.0860. The monoisotopic (exact) mass is 320 g/mol. The molecule has 0 saturated carbocycles. The highest BCUT2D eigenvalue weighted by atomic mass is 79.9. The Morgan fingerprint density at radius 3 is 2.76 bits per heavy atom. The third-order valence-electron chi connectivity index (χ3n) is 2.75. The molecule has 1 saturated heterocycles. The van der Waals surface area contributed by atoms with Crippen LogP contribution in [-0.2, 0) is 16.6 Å². The molecule has 0 aromatic carbocycles. The van der Waals surface area contributed by atoms with Crippen molar-refractivity contribution in [2.45, 2.75) is 19.9 Å². The summed E-state index contributed by atoms with van der Waals surface area (Å²) in [6.45, 7) is 2.82. The van der Waals surface area contributed by atoms with Gasteiger partial charge in [-0.25, -0.2) is 12.7 Å². The zero-order chi connectivity index (χ0) is 12.6. The van der Waals surface area contributed by atoms with Gasteiger partial charge in [0.1, 0.15) is 5.69 Å². The Balaban J connectivity index is 2.37. The van der Waals surface area contributed by atoms with Gasteiger partial charge >= 0.3 is 0 Å². The van der Waals surface area contributed by atoms with Gasteiger partial charge in [-0.3, -0.25) is 4.79 Å². The van der Waals surface area contributed by atoms with E-state index >= 15 is 0 Å². The molecule has 0 atom stereocenters. The minimum absolute atomic E-state index is 0.0622. The molecule has 0 radical (unpaired) electrons. The molecule has 0 aliphatic carbocycles. The minimum Gasteiger partial charge on any atom is -0.343 e. The number of aryl methyl sites for hydroxylation is 1. The van der Waals surface area contributed by atoms with E-state index in [4.69, 9.17) is 0 Å². The number of carbonyl (C=O) groups excluding carboxylic acids is 1. The molecule has 94 valence electrons. The summed E-state index contributed by atoms with van der Waals surface area (Å²) in [5.74, 6) is -0.373. The van der Waals surface area contributed by atoms with E-state index in [1.807, 2.05) is 6.92 Å². The summed E-state index contributed by atoms with van der Waals surface area (Å²) in [7, 11) is -3.40. The highest BCUT2D eigenvalue weighted by Crippen LogP contribution is 2.21. The van der Waals surface area contributed by atoms with Crippen molar-refractivity contribution in [3.8, 4) is 0 Å². The Morgan fingerprint density at radius 1 is 1.53 bits per heavy atom. The highest BCUT2D eigenvalue weighted by Gasteiger charge is 2.34.